The largest absolute Gasteiger partial charge is 0.494 e. The molecule has 1 aliphatic heterocycles. The van der Waals surface area contributed by atoms with Crippen LogP contribution in [0.5, 0.6) is 5.75 Å². The van der Waals surface area contributed by atoms with Gasteiger partial charge in [0, 0.05) is 44.3 Å². The van der Waals surface area contributed by atoms with Crippen LogP contribution in [0.1, 0.15) is 0 Å². The second kappa shape index (κ2) is 7.86. The molecule has 2 aromatic heterocycles. The molecule has 2 amide bonds. The van der Waals surface area contributed by atoms with Crippen molar-refractivity contribution >= 4 is 17.5 Å². The number of benzene rings is 1. The first-order valence-electron chi connectivity index (χ1n) is 8.73. The number of aromatic nitrogens is 6. The Hall–Kier alpha value is -3.76. The average Bonchev–Trinajstić information content (AvgIpc) is 3.29. The summed E-state index contributed by atoms with van der Waals surface area (Å²) in [7, 11) is 1.57. The summed E-state index contributed by atoms with van der Waals surface area (Å²) in [5.74, 6) is 1.42. The minimum atomic E-state index is -0.161. The summed E-state index contributed by atoms with van der Waals surface area (Å²) < 4.78 is 6.82. The van der Waals surface area contributed by atoms with E-state index in [0.717, 1.165) is 5.82 Å². The highest BCUT2D eigenvalue weighted by molar-refractivity contribution is 5.90. The molecule has 1 aromatic carbocycles. The average molecular weight is 381 g/mol. The smallest absolute Gasteiger partial charge is 0.321 e. The summed E-state index contributed by atoms with van der Waals surface area (Å²) in [6.07, 6.45) is 6.51. The van der Waals surface area contributed by atoms with Gasteiger partial charge in [-0.3, -0.25) is 4.98 Å². The van der Waals surface area contributed by atoms with Crippen LogP contribution in [-0.4, -0.2) is 74.4 Å². The Morgan fingerprint density at radius 2 is 2.04 bits per heavy atom. The maximum Gasteiger partial charge on any atom is 0.321 e. The van der Waals surface area contributed by atoms with Crippen molar-refractivity contribution in [1.82, 2.24) is 35.1 Å². The van der Waals surface area contributed by atoms with Crippen molar-refractivity contribution in [3.63, 3.8) is 0 Å². The van der Waals surface area contributed by atoms with Gasteiger partial charge < -0.3 is 19.9 Å². The lowest BCUT2D eigenvalue weighted by molar-refractivity contribution is 0.208. The zero-order valence-electron chi connectivity index (χ0n) is 15.3. The van der Waals surface area contributed by atoms with Crippen LogP contribution in [0.25, 0.3) is 5.69 Å². The van der Waals surface area contributed by atoms with Crippen molar-refractivity contribution in [3.05, 3.63) is 43.1 Å². The third kappa shape index (κ3) is 3.68. The number of rotatable bonds is 4. The highest BCUT2D eigenvalue weighted by Crippen LogP contribution is 2.25. The minimum absolute atomic E-state index is 0.161. The normalized spacial score (nSPS) is 14.0. The van der Waals surface area contributed by atoms with E-state index in [1.807, 2.05) is 0 Å². The molecule has 1 N–H and O–H groups in total. The molecule has 1 aliphatic rings. The molecule has 144 valence electrons. The summed E-state index contributed by atoms with van der Waals surface area (Å²) in [4.78, 5) is 24.9. The van der Waals surface area contributed by atoms with E-state index in [0.29, 0.717) is 43.3 Å². The lowest BCUT2D eigenvalue weighted by Crippen LogP contribution is -2.50. The molecular weight excluding hydrogens is 362 g/mol. The van der Waals surface area contributed by atoms with E-state index in [4.69, 9.17) is 4.74 Å². The molecule has 0 aliphatic carbocycles. The molecule has 11 nitrogen and oxygen atoms in total. The summed E-state index contributed by atoms with van der Waals surface area (Å²) in [6.45, 7) is 2.59. The number of nitrogens with zero attached hydrogens (tertiary/aromatic N) is 8. The predicted molar refractivity (Wildman–Crippen MR) is 101 cm³/mol. The highest BCUT2D eigenvalue weighted by atomic mass is 16.5. The Labute approximate surface area is 160 Å². The number of hydrogen-bond acceptors (Lipinski definition) is 8. The summed E-state index contributed by atoms with van der Waals surface area (Å²) in [5, 5.41) is 14.1. The standard InChI is InChI=1S/C17H19N9O2/c1-28-15-3-2-13(10-14(15)26-12-20-22-23-26)21-17(27)25-8-6-24(7-9-25)16-11-18-4-5-19-16/h2-5,10-12H,6-9H2,1H3,(H,21,27). The van der Waals surface area contributed by atoms with E-state index in [1.165, 1.54) is 11.0 Å². The van der Waals surface area contributed by atoms with Crippen LogP contribution in [0.2, 0.25) is 0 Å². The van der Waals surface area contributed by atoms with Gasteiger partial charge in [0.2, 0.25) is 0 Å². The monoisotopic (exact) mass is 381 g/mol. The number of nitrogens with one attached hydrogen (secondary N) is 1. The fourth-order valence-electron chi connectivity index (χ4n) is 3.01. The van der Waals surface area contributed by atoms with Gasteiger partial charge in [-0.15, -0.1) is 5.10 Å². The van der Waals surface area contributed by atoms with Crippen molar-refractivity contribution in [3.8, 4) is 11.4 Å². The molecule has 3 heterocycles. The third-order valence-electron chi connectivity index (χ3n) is 4.47. The quantitative estimate of drug-likeness (QED) is 0.706. The molecule has 0 unspecified atom stereocenters. The number of tetrazole rings is 1. The van der Waals surface area contributed by atoms with Gasteiger partial charge in [0.05, 0.1) is 13.3 Å². The molecule has 11 heteroatoms. The van der Waals surface area contributed by atoms with E-state index >= 15 is 0 Å². The number of carbonyl (C=O) groups is 1. The number of carbonyl (C=O) groups excluding carboxylic acids is 1. The Bertz CT molecular complexity index is 925. The number of anilines is 2. The van der Waals surface area contributed by atoms with Crippen molar-refractivity contribution < 1.29 is 9.53 Å². The molecule has 0 radical (unpaired) electrons. The van der Waals surface area contributed by atoms with Gasteiger partial charge >= 0.3 is 6.03 Å². The van der Waals surface area contributed by atoms with Gasteiger partial charge in [0.15, 0.2) is 0 Å². The molecule has 0 atom stereocenters. The molecule has 3 aromatic rings. The predicted octanol–water partition coefficient (Wildman–Crippen LogP) is 0.815. The fraction of sp³-hybridized carbons (Fsp3) is 0.294. The molecule has 28 heavy (non-hydrogen) atoms. The lowest BCUT2D eigenvalue weighted by Gasteiger charge is -2.35. The Morgan fingerprint density at radius 1 is 1.18 bits per heavy atom. The van der Waals surface area contributed by atoms with E-state index < -0.39 is 0 Å². The van der Waals surface area contributed by atoms with Crippen LogP contribution in [0, 0.1) is 0 Å². The third-order valence-corrected chi connectivity index (χ3v) is 4.47. The molecule has 1 fully saturated rings. The van der Waals surface area contributed by atoms with E-state index in [-0.39, 0.29) is 6.03 Å². The first-order chi connectivity index (χ1) is 13.7. The van der Waals surface area contributed by atoms with Crippen molar-refractivity contribution in [1.29, 1.82) is 0 Å². The molecule has 1 saturated heterocycles. The topological polar surface area (TPSA) is 114 Å². The van der Waals surface area contributed by atoms with Gasteiger partial charge in [0.1, 0.15) is 23.6 Å². The fourth-order valence-corrected chi connectivity index (χ4v) is 3.01. The summed E-state index contributed by atoms with van der Waals surface area (Å²) >= 11 is 0. The first-order valence-corrected chi connectivity index (χ1v) is 8.73. The Morgan fingerprint density at radius 3 is 2.71 bits per heavy atom. The van der Waals surface area contributed by atoms with Crippen LogP contribution in [-0.2, 0) is 0 Å². The van der Waals surface area contributed by atoms with Crippen LogP contribution in [0.15, 0.2) is 43.1 Å². The highest BCUT2D eigenvalue weighted by Gasteiger charge is 2.22. The molecule has 0 bridgehead atoms. The van der Waals surface area contributed by atoms with Gasteiger partial charge in [-0.25, -0.2) is 9.78 Å². The zero-order chi connectivity index (χ0) is 19.3. The van der Waals surface area contributed by atoms with Crippen molar-refractivity contribution in [2.45, 2.75) is 0 Å². The minimum Gasteiger partial charge on any atom is -0.494 e. The second-order valence-corrected chi connectivity index (χ2v) is 6.11. The van der Waals surface area contributed by atoms with Crippen LogP contribution in [0.3, 0.4) is 0 Å². The second-order valence-electron chi connectivity index (χ2n) is 6.11. The Balaban J connectivity index is 1.41. The molecular formula is C17H19N9O2. The van der Waals surface area contributed by atoms with Gasteiger partial charge in [-0.05, 0) is 28.6 Å². The number of methoxy groups -OCH3 is 1. The van der Waals surface area contributed by atoms with Crippen molar-refractivity contribution in [2.75, 3.05) is 43.5 Å². The SMILES string of the molecule is COc1ccc(NC(=O)N2CCN(c3cnccn3)CC2)cc1-n1cnnn1. The first kappa shape index (κ1) is 17.6. The maximum atomic E-state index is 12.7. The Kier molecular flexibility index (Phi) is 4.95. The molecule has 0 saturated carbocycles. The number of piperazine rings is 1. The van der Waals surface area contributed by atoms with Gasteiger partial charge in [0.25, 0.3) is 0 Å². The summed E-state index contributed by atoms with van der Waals surface area (Å²) in [5.41, 5.74) is 1.27. The van der Waals surface area contributed by atoms with Crippen LogP contribution in [0.4, 0.5) is 16.3 Å². The van der Waals surface area contributed by atoms with Gasteiger partial charge in [-0.2, -0.15) is 4.68 Å². The van der Waals surface area contributed by atoms with Crippen molar-refractivity contribution in [2.24, 2.45) is 0 Å². The summed E-state index contributed by atoms with van der Waals surface area (Å²) in [6, 6.07) is 5.15. The number of ether oxygens (including phenoxy) is 1. The number of amides is 2. The number of urea groups is 1. The molecule has 4 rings (SSSR count). The van der Waals surface area contributed by atoms with E-state index in [9.17, 15) is 4.79 Å². The molecule has 0 spiro atoms. The van der Waals surface area contributed by atoms with E-state index in [2.05, 4.69) is 35.7 Å². The maximum absolute atomic E-state index is 12.7. The van der Waals surface area contributed by atoms with Crippen LogP contribution < -0.4 is 15.0 Å². The lowest BCUT2D eigenvalue weighted by atomic mass is 10.2. The zero-order valence-corrected chi connectivity index (χ0v) is 15.3. The van der Waals surface area contributed by atoms with Gasteiger partial charge in [-0.1, -0.05) is 0 Å². The van der Waals surface area contributed by atoms with E-state index in [1.54, 1.807) is 48.8 Å². The number of hydrogen-bond donors (Lipinski definition) is 1. The van der Waals surface area contributed by atoms with Crippen LogP contribution >= 0.6 is 0 Å².